The van der Waals surface area contributed by atoms with Crippen molar-refractivity contribution in [1.82, 2.24) is 4.72 Å². The molecule has 0 aliphatic carbocycles. The van der Waals surface area contributed by atoms with E-state index in [2.05, 4.69) is 9.46 Å². The second-order valence-electron chi connectivity index (χ2n) is 4.58. The van der Waals surface area contributed by atoms with Crippen LogP contribution in [0.4, 0.5) is 0 Å². The average molecular weight is 354 g/mol. The van der Waals surface area contributed by atoms with Gasteiger partial charge >= 0.3 is 5.97 Å². The van der Waals surface area contributed by atoms with Gasteiger partial charge < -0.3 is 4.74 Å². The third-order valence-corrected chi connectivity index (χ3v) is 5.29. The fourth-order valence-corrected chi connectivity index (χ4v) is 3.73. The molecule has 1 aromatic carbocycles. The highest BCUT2D eigenvalue weighted by molar-refractivity contribution is 7.89. The summed E-state index contributed by atoms with van der Waals surface area (Å²) in [6.07, 6.45) is 0.603. The van der Waals surface area contributed by atoms with E-state index in [1.807, 2.05) is 6.92 Å². The summed E-state index contributed by atoms with van der Waals surface area (Å²) in [5.41, 5.74) is 0. The van der Waals surface area contributed by atoms with Crippen molar-refractivity contribution in [3.8, 4) is 0 Å². The Morgan fingerprint density at radius 1 is 1.38 bits per heavy atom. The third-order valence-electron chi connectivity index (χ3n) is 3.13. The molecule has 0 bridgehead atoms. The number of methoxy groups -OCH3 is 1. The summed E-state index contributed by atoms with van der Waals surface area (Å²) in [4.78, 5) is 11.6. The Bertz CT molecular complexity index is 619. The molecule has 1 rings (SSSR count). The first-order valence-corrected chi connectivity index (χ1v) is 8.52. The molecule has 118 valence electrons. The summed E-state index contributed by atoms with van der Waals surface area (Å²) in [5.74, 6) is -0.878. The maximum absolute atomic E-state index is 12.4. The van der Waals surface area contributed by atoms with E-state index < -0.39 is 22.0 Å². The predicted octanol–water partition coefficient (Wildman–Crippen LogP) is 2.86. The van der Waals surface area contributed by atoms with Gasteiger partial charge in [-0.3, -0.25) is 4.79 Å². The summed E-state index contributed by atoms with van der Waals surface area (Å²) in [6, 6.07) is 3.11. The molecule has 5 nitrogen and oxygen atoms in total. The molecule has 1 N–H and O–H groups in total. The van der Waals surface area contributed by atoms with Crippen LogP contribution in [0.2, 0.25) is 10.0 Å². The number of esters is 1. The summed E-state index contributed by atoms with van der Waals surface area (Å²) < 4.78 is 31.8. The van der Waals surface area contributed by atoms with Gasteiger partial charge in [0.1, 0.15) is 10.9 Å². The molecule has 0 saturated heterocycles. The van der Waals surface area contributed by atoms with E-state index in [0.29, 0.717) is 6.42 Å². The lowest BCUT2D eigenvalue weighted by Gasteiger charge is -2.22. The van der Waals surface area contributed by atoms with Crippen LogP contribution in [-0.4, -0.2) is 27.5 Å². The van der Waals surface area contributed by atoms with Crippen molar-refractivity contribution in [3.05, 3.63) is 28.2 Å². The Balaban J connectivity index is 3.17. The molecule has 2 atom stereocenters. The summed E-state index contributed by atoms with van der Waals surface area (Å²) in [5, 5.41) is 0.262. The number of carbonyl (C=O) groups is 1. The van der Waals surface area contributed by atoms with E-state index in [9.17, 15) is 13.2 Å². The van der Waals surface area contributed by atoms with Crippen molar-refractivity contribution < 1.29 is 17.9 Å². The highest BCUT2D eigenvalue weighted by Crippen LogP contribution is 2.25. The largest absolute Gasteiger partial charge is 0.468 e. The van der Waals surface area contributed by atoms with Crippen molar-refractivity contribution in [1.29, 1.82) is 0 Å². The van der Waals surface area contributed by atoms with Crippen LogP contribution in [0.15, 0.2) is 23.1 Å². The maximum Gasteiger partial charge on any atom is 0.324 e. The molecule has 21 heavy (non-hydrogen) atoms. The molecule has 0 amide bonds. The molecular weight excluding hydrogens is 337 g/mol. The Morgan fingerprint density at radius 3 is 2.52 bits per heavy atom. The second-order valence-corrected chi connectivity index (χ2v) is 7.11. The lowest BCUT2D eigenvalue weighted by atomic mass is 10.0. The van der Waals surface area contributed by atoms with Gasteiger partial charge in [0.05, 0.1) is 12.1 Å². The van der Waals surface area contributed by atoms with E-state index >= 15 is 0 Å². The van der Waals surface area contributed by atoms with Gasteiger partial charge in [0, 0.05) is 5.02 Å². The van der Waals surface area contributed by atoms with E-state index in [4.69, 9.17) is 23.2 Å². The molecule has 0 radical (unpaired) electrons. The van der Waals surface area contributed by atoms with E-state index in [1.54, 1.807) is 6.92 Å². The zero-order valence-electron chi connectivity index (χ0n) is 11.9. The monoisotopic (exact) mass is 353 g/mol. The molecular formula is C13H17Cl2NO4S. The van der Waals surface area contributed by atoms with Gasteiger partial charge in [-0.15, -0.1) is 0 Å². The fourth-order valence-electron chi connectivity index (χ4n) is 1.67. The van der Waals surface area contributed by atoms with Crippen molar-refractivity contribution in [3.63, 3.8) is 0 Å². The molecule has 1 aromatic rings. The number of hydrogen-bond acceptors (Lipinski definition) is 4. The molecule has 8 heteroatoms. The molecule has 0 fully saturated rings. The lowest BCUT2D eigenvalue weighted by molar-refractivity contribution is -0.143. The molecule has 0 heterocycles. The van der Waals surface area contributed by atoms with Crippen molar-refractivity contribution in [2.75, 3.05) is 7.11 Å². The lowest BCUT2D eigenvalue weighted by Crippen LogP contribution is -2.45. The Hall–Kier alpha value is -0.820. The van der Waals surface area contributed by atoms with Crippen molar-refractivity contribution in [2.24, 2.45) is 5.92 Å². The smallest absolute Gasteiger partial charge is 0.324 e. The molecule has 0 aliphatic heterocycles. The molecule has 0 saturated carbocycles. The molecule has 0 aromatic heterocycles. The Morgan fingerprint density at radius 2 is 2.00 bits per heavy atom. The summed E-state index contributed by atoms with van der Waals surface area (Å²) >= 11 is 11.7. The van der Waals surface area contributed by atoms with Gasteiger partial charge in [-0.2, -0.15) is 4.72 Å². The van der Waals surface area contributed by atoms with Crippen LogP contribution in [0.5, 0.6) is 0 Å². The van der Waals surface area contributed by atoms with Crippen LogP contribution in [0, 0.1) is 5.92 Å². The van der Waals surface area contributed by atoms with E-state index in [-0.39, 0.29) is 20.9 Å². The van der Waals surface area contributed by atoms with Gasteiger partial charge in [-0.05, 0) is 24.1 Å². The zero-order chi connectivity index (χ0) is 16.2. The quantitative estimate of drug-likeness (QED) is 0.798. The zero-order valence-corrected chi connectivity index (χ0v) is 14.2. The van der Waals surface area contributed by atoms with Crippen LogP contribution >= 0.6 is 23.2 Å². The standard InChI is InChI=1S/C13H17Cl2NO4S/c1-4-8(2)12(13(17)20-3)16-21(18,19)11-7-9(14)5-6-10(11)15/h5-8,12,16H,4H2,1-3H3/t8-,12+/m0/s1. The highest BCUT2D eigenvalue weighted by atomic mass is 35.5. The van der Waals surface area contributed by atoms with Crippen molar-refractivity contribution >= 4 is 39.2 Å². The fraction of sp³-hybridized carbons (Fsp3) is 0.462. The minimum atomic E-state index is -3.99. The summed E-state index contributed by atoms with van der Waals surface area (Å²) in [7, 11) is -2.78. The van der Waals surface area contributed by atoms with Crippen LogP contribution < -0.4 is 4.72 Å². The highest BCUT2D eigenvalue weighted by Gasteiger charge is 2.31. The second kappa shape index (κ2) is 7.45. The number of sulfonamides is 1. The third kappa shape index (κ3) is 4.57. The number of nitrogens with one attached hydrogen (secondary N) is 1. The van der Waals surface area contributed by atoms with Gasteiger partial charge in [0.2, 0.25) is 10.0 Å². The molecule has 0 spiro atoms. The van der Waals surface area contributed by atoms with Gasteiger partial charge in [-0.1, -0.05) is 43.5 Å². The number of benzene rings is 1. The first kappa shape index (κ1) is 18.2. The number of ether oxygens (including phenoxy) is 1. The molecule has 0 aliphatic rings. The van der Waals surface area contributed by atoms with E-state index in [0.717, 1.165) is 0 Å². The van der Waals surface area contributed by atoms with Crippen LogP contribution in [0.3, 0.4) is 0 Å². The van der Waals surface area contributed by atoms with Crippen LogP contribution in [0.25, 0.3) is 0 Å². The van der Waals surface area contributed by atoms with Gasteiger partial charge in [0.25, 0.3) is 0 Å². The number of halogens is 2. The number of carbonyl (C=O) groups excluding carboxylic acids is 1. The SMILES string of the molecule is CC[C@H](C)[C@@H](NS(=O)(=O)c1cc(Cl)ccc1Cl)C(=O)OC. The minimum Gasteiger partial charge on any atom is -0.468 e. The maximum atomic E-state index is 12.4. The first-order chi connectivity index (χ1) is 9.72. The Kier molecular flexibility index (Phi) is 6.46. The topological polar surface area (TPSA) is 72.5 Å². The number of hydrogen-bond donors (Lipinski definition) is 1. The van der Waals surface area contributed by atoms with Crippen LogP contribution in [-0.2, 0) is 19.6 Å². The molecule has 0 unspecified atom stereocenters. The Labute approximate surface area is 134 Å². The van der Waals surface area contributed by atoms with Crippen molar-refractivity contribution in [2.45, 2.75) is 31.2 Å². The van der Waals surface area contributed by atoms with E-state index in [1.165, 1.54) is 25.3 Å². The normalized spacial score (nSPS) is 14.5. The van der Waals surface area contributed by atoms with Gasteiger partial charge in [-0.25, -0.2) is 8.42 Å². The number of rotatable bonds is 6. The van der Waals surface area contributed by atoms with Gasteiger partial charge in [0.15, 0.2) is 0 Å². The van der Waals surface area contributed by atoms with Crippen LogP contribution in [0.1, 0.15) is 20.3 Å². The predicted molar refractivity (Wildman–Crippen MR) is 82.0 cm³/mol. The first-order valence-electron chi connectivity index (χ1n) is 6.28. The average Bonchev–Trinajstić information content (AvgIpc) is 2.45. The minimum absolute atomic E-state index is 0.0275. The summed E-state index contributed by atoms with van der Waals surface area (Å²) in [6.45, 7) is 3.60.